The Morgan fingerprint density at radius 1 is 1.47 bits per heavy atom. The third kappa shape index (κ3) is 4.49. The zero-order valence-electron chi connectivity index (χ0n) is 8.89. The topological polar surface area (TPSA) is 21.3 Å². The number of anilines is 1. The van der Waals surface area contributed by atoms with Gasteiger partial charge in [-0.2, -0.15) is 0 Å². The van der Waals surface area contributed by atoms with Crippen LogP contribution in [0.15, 0.2) is 18.2 Å². The number of nitrogens with one attached hydrogen (secondary N) is 1. The summed E-state index contributed by atoms with van der Waals surface area (Å²) in [4.78, 5) is 0. The molecule has 4 heteroatoms. The molecule has 0 aliphatic rings. The molecule has 1 aromatic rings. The first kappa shape index (κ1) is 12.3. The normalized spacial score (nSPS) is 10.7. The Morgan fingerprint density at radius 3 is 2.87 bits per heavy atom. The molecular weight excluding hydrogens is 217 g/mol. The number of hydrogen-bond acceptors (Lipinski definition) is 2. The van der Waals surface area contributed by atoms with Crippen LogP contribution < -0.4 is 5.32 Å². The number of halogens is 2. The summed E-state index contributed by atoms with van der Waals surface area (Å²) in [5, 5.41) is 3.53. The first-order valence-electron chi connectivity index (χ1n) is 4.90. The van der Waals surface area contributed by atoms with Crippen LogP contribution in [-0.2, 0) is 4.74 Å². The van der Waals surface area contributed by atoms with E-state index in [1.54, 1.807) is 0 Å². The van der Waals surface area contributed by atoms with E-state index < -0.39 is 0 Å². The molecule has 1 N–H and O–H groups in total. The molecule has 0 atom stereocenters. The third-order valence-corrected chi connectivity index (χ3v) is 2.13. The van der Waals surface area contributed by atoms with Gasteiger partial charge in [-0.15, -0.1) is 0 Å². The summed E-state index contributed by atoms with van der Waals surface area (Å²) < 4.78 is 18.2. The van der Waals surface area contributed by atoms with Crippen LogP contribution in [0.3, 0.4) is 0 Å². The van der Waals surface area contributed by atoms with Gasteiger partial charge in [-0.25, -0.2) is 4.39 Å². The Bertz CT molecular complexity index is 317. The molecular formula is C11H15ClFNO. The van der Waals surface area contributed by atoms with Gasteiger partial charge in [0, 0.05) is 6.54 Å². The van der Waals surface area contributed by atoms with E-state index in [2.05, 4.69) is 5.32 Å². The lowest BCUT2D eigenvalue weighted by Crippen LogP contribution is -2.13. The minimum absolute atomic E-state index is 0.204. The fraction of sp³-hybridized carbons (Fsp3) is 0.455. The van der Waals surface area contributed by atoms with Crippen LogP contribution in [0.25, 0.3) is 0 Å². The molecule has 0 unspecified atom stereocenters. The molecule has 1 aromatic carbocycles. The molecule has 2 nitrogen and oxygen atoms in total. The van der Waals surface area contributed by atoms with E-state index in [0.717, 1.165) is 0 Å². The quantitative estimate of drug-likeness (QED) is 0.785. The van der Waals surface area contributed by atoms with Crippen LogP contribution >= 0.6 is 11.6 Å². The minimum atomic E-state index is -0.299. The van der Waals surface area contributed by atoms with Gasteiger partial charge in [-0.05, 0) is 32.0 Å². The van der Waals surface area contributed by atoms with E-state index in [1.807, 2.05) is 13.8 Å². The smallest absolute Gasteiger partial charge is 0.125 e. The number of ether oxygens (including phenoxy) is 1. The van der Waals surface area contributed by atoms with Gasteiger partial charge in [0.2, 0.25) is 0 Å². The number of rotatable bonds is 5. The monoisotopic (exact) mass is 231 g/mol. The maximum absolute atomic E-state index is 12.9. The van der Waals surface area contributed by atoms with Crippen molar-refractivity contribution in [3.8, 4) is 0 Å². The second-order valence-electron chi connectivity index (χ2n) is 3.47. The fourth-order valence-electron chi connectivity index (χ4n) is 1.11. The molecule has 0 bridgehead atoms. The Labute approximate surface area is 94.4 Å². The van der Waals surface area contributed by atoms with Crippen molar-refractivity contribution >= 4 is 17.3 Å². The molecule has 1 rings (SSSR count). The van der Waals surface area contributed by atoms with E-state index in [-0.39, 0.29) is 11.9 Å². The summed E-state index contributed by atoms with van der Waals surface area (Å²) in [5.41, 5.74) is 0.601. The molecule has 0 heterocycles. The van der Waals surface area contributed by atoms with Crippen LogP contribution in [0, 0.1) is 5.82 Å². The molecule has 0 aliphatic carbocycles. The summed E-state index contributed by atoms with van der Waals surface area (Å²) in [6.07, 6.45) is 0.204. The van der Waals surface area contributed by atoms with Gasteiger partial charge in [0.15, 0.2) is 0 Å². The summed E-state index contributed by atoms with van der Waals surface area (Å²) in [6.45, 7) is 5.12. The Balaban J connectivity index is 2.40. The fourth-order valence-corrected chi connectivity index (χ4v) is 1.30. The number of benzene rings is 1. The summed E-state index contributed by atoms with van der Waals surface area (Å²) in [6, 6.07) is 4.23. The molecule has 0 aliphatic heterocycles. The van der Waals surface area contributed by atoms with Crippen molar-refractivity contribution < 1.29 is 9.13 Å². The van der Waals surface area contributed by atoms with Gasteiger partial charge >= 0.3 is 0 Å². The Hall–Kier alpha value is -0.800. The maximum Gasteiger partial charge on any atom is 0.125 e. The van der Waals surface area contributed by atoms with Gasteiger partial charge in [0.05, 0.1) is 23.4 Å². The zero-order valence-corrected chi connectivity index (χ0v) is 9.64. The lowest BCUT2D eigenvalue weighted by Gasteiger charge is -2.10. The van der Waals surface area contributed by atoms with E-state index in [4.69, 9.17) is 16.3 Å². The lowest BCUT2D eigenvalue weighted by molar-refractivity contribution is 0.0870. The molecule has 84 valence electrons. The first-order chi connectivity index (χ1) is 7.09. The van der Waals surface area contributed by atoms with E-state index >= 15 is 0 Å². The molecule has 0 fully saturated rings. The molecule has 15 heavy (non-hydrogen) atoms. The van der Waals surface area contributed by atoms with Crippen LogP contribution in [0.5, 0.6) is 0 Å². The third-order valence-electron chi connectivity index (χ3n) is 1.80. The van der Waals surface area contributed by atoms with E-state index in [9.17, 15) is 4.39 Å². The first-order valence-corrected chi connectivity index (χ1v) is 5.28. The Morgan fingerprint density at radius 2 is 2.20 bits per heavy atom. The molecule has 0 saturated carbocycles. The summed E-state index contributed by atoms with van der Waals surface area (Å²) in [7, 11) is 0. The van der Waals surface area contributed by atoms with Crippen molar-refractivity contribution in [3.63, 3.8) is 0 Å². The van der Waals surface area contributed by atoms with Crippen molar-refractivity contribution in [2.45, 2.75) is 20.0 Å². The van der Waals surface area contributed by atoms with E-state index in [1.165, 1.54) is 18.2 Å². The van der Waals surface area contributed by atoms with Gasteiger partial charge in [-0.1, -0.05) is 11.6 Å². The second-order valence-corrected chi connectivity index (χ2v) is 3.88. The standard InChI is InChI=1S/C11H15ClFNO/c1-8(2)15-6-5-14-11-7-9(13)3-4-10(11)12/h3-4,7-8,14H,5-6H2,1-2H3. The van der Waals surface area contributed by atoms with Gasteiger partial charge in [0.1, 0.15) is 5.82 Å². The van der Waals surface area contributed by atoms with Crippen molar-refractivity contribution in [1.82, 2.24) is 0 Å². The highest BCUT2D eigenvalue weighted by molar-refractivity contribution is 6.33. The lowest BCUT2D eigenvalue weighted by atomic mass is 10.3. The largest absolute Gasteiger partial charge is 0.381 e. The molecule has 0 aromatic heterocycles. The van der Waals surface area contributed by atoms with Gasteiger partial charge in [-0.3, -0.25) is 0 Å². The highest BCUT2D eigenvalue weighted by Crippen LogP contribution is 2.21. The van der Waals surface area contributed by atoms with Crippen LogP contribution in [0.1, 0.15) is 13.8 Å². The van der Waals surface area contributed by atoms with Crippen molar-refractivity contribution in [3.05, 3.63) is 29.0 Å². The van der Waals surface area contributed by atoms with Gasteiger partial charge < -0.3 is 10.1 Å². The summed E-state index contributed by atoms with van der Waals surface area (Å²) in [5.74, 6) is -0.299. The molecule has 0 amide bonds. The molecule has 0 saturated heterocycles. The predicted octanol–water partition coefficient (Wildman–Crippen LogP) is 3.32. The van der Waals surface area contributed by atoms with Crippen molar-refractivity contribution in [1.29, 1.82) is 0 Å². The highest BCUT2D eigenvalue weighted by atomic mass is 35.5. The van der Waals surface area contributed by atoms with Crippen LogP contribution in [0.2, 0.25) is 5.02 Å². The minimum Gasteiger partial charge on any atom is -0.381 e. The Kier molecular flexibility index (Phi) is 4.85. The highest BCUT2D eigenvalue weighted by Gasteiger charge is 2.01. The maximum atomic E-state index is 12.9. The van der Waals surface area contributed by atoms with Crippen LogP contribution in [-0.4, -0.2) is 19.3 Å². The second kappa shape index (κ2) is 5.93. The SMILES string of the molecule is CC(C)OCCNc1cc(F)ccc1Cl. The van der Waals surface area contributed by atoms with Crippen molar-refractivity contribution in [2.75, 3.05) is 18.5 Å². The van der Waals surface area contributed by atoms with Crippen molar-refractivity contribution in [2.24, 2.45) is 0 Å². The molecule has 0 spiro atoms. The van der Waals surface area contributed by atoms with E-state index in [0.29, 0.717) is 23.9 Å². The van der Waals surface area contributed by atoms with Gasteiger partial charge in [0.25, 0.3) is 0 Å². The zero-order chi connectivity index (χ0) is 11.3. The predicted molar refractivity (Wildman–Crippen MR) is 61.0 cm³/mol. The average Bonchev–Trinajstić information content (AvgIpc) is 2.17. The van der Waals surface area contributed by atoms with Crippen LogP contribution in [0.4, 0.5) is 10.1 Å². The number of hydrogen-bond donors (Lipinski definition) is 1. The average molecular weight is 232 g/mol. The molecule has 0 radical (unpaired) electrons. The summed E-state index contributed by atoms with van der Waals surface area (Å²) >= 11 is 5.87.